The first-order valence-corrected chi connectivity index (χ1v) is 9.64. The Morgan fingerprint density at radius 3 is 2.61 bits per heavy atom. The van der Waals surface area contributed by atoms with Gasteiger partial charge in [0.1, 0.15) is 11.6 Å². The number of carbonyl (C=O) groups is 1. The molecule has 0 atom stereocenters. The van der Waals surface area contributed by atoms with Crippen molar-refractivity contribution in [2.24, 2.45) is 0 Å². The van der Waals surface area contributed by atoms with Gasteiger partial charge in [0.05, 0.1) is 12.6 Å². The van der Waals surface area contributed by atoms with Crippen molar-refractivity contribution in [3.63, 3.8) is 0 Å². The van der Waals surface area contributed by atoms with Gasteiger partial charge in [-0.1, -0.05) is 6.92 Å². The molecule has 0 radical (unpaired) electrons. The van der Waals surface area contributed by atoms with E-state index in [2.05, 4.69) is 32.5 Å². The molecular weight excluding hydrogens is 354 g/mol. The predicted octanol–water partition coefficient (Wildman–Crippen LogP) is 2.57. The summed E-state index contributed by atoms with van der Waals surface area (Å²) in [5.74, 6) is 2.67. The van der Waals surface area contributed by atoms with Gasteiger partial charge in [-0.25, -0.2) is 0 Å². The van der Waals surface area contributed by atoms with E-state index >= 15 is 0 Å². The van der Waals surface area contributed by atoms with Crippen LogP contribution in [0.5, 0.6) is 5.75 Å². The minimum absolute atomic E-state index is 0.0695. The summed E-state index contributed by atoms with van der Waals surface area (Å²) in [5.41, 5.74) is 2.73. The molecule has 7 heteroatoms. The van der Waals surface area contributed by atoms with Gasteiger partial charge in [0.15, 0.2) is 5.82 Å². The number of carbonyl (C=O) groups excluding carboxylic acids is 1. The molecule has 1 saturated heterocycles. The highest BCUT2D eigenvalue weighted by molar-refractivity contribution is 5.96. The number of rotatable bonds is 4. The fraction of sp³-hybridized carbons (Fsp3) is 0.381. The van der Waals surface area contributed by atoms with Gasteiger partial charge in [0, 0.05) is 44.4 Å². The van der Waals surface area contributed by atoms with Gasteiger partial charge in [0.25, 0.3) is 5.91 Å². The Bertz CT molecular complexity index is 1010. The van der Waals surface area contributed by atoms with Crippen molar-refractivity contribution in [1.29, 1.82) is 0 Å². The first-order chi connectivity index (χ1) is 13.6. The summed E-state index contributed by atoms with van der Waals surface area (Å²) in [6.07, 6.45) is 2.86. The van der Waals surface area contributed by atoms with E-state index in [9.17, 15) is 4.79 Å². The minimum Gasteiger partial charge on any atom is -0.497 e. The number of benzene rings is 1. The molecular formula is C21H25N5O2. The first kappa shape index (κ1) is 18.3. The van der Waals surface area contributed by atoms with Crippen molar-refractivity contribution in [3.05, 3.63) is 53.5 Å². The van der Waals surface area contributed by atoms with Crippen LogP contribution in [0.15, 0.2) is 36.5 Å². The third kappa shape index (κ3) is 3.17. The van der Waals surface area contributed by atoms with E-state index in [4.69, 9.17) is 4.74 Å². The molecule has 1 aromatic carbocycles. The van der Waals surface area contributed by atoms with Crippen LogP contribution in [0.4, 0.5) is 5.82 Å². The Kier molecular flexibility index (Phi) is 4.90. The van der Waals surface area contributed by atoms with Crippen LogP contribution in [0.3, 0.4) is 0 Å². The topological polar surface area (TPSA) is 63.0 Å². The Balaban J connectivity index is 1.49. The summed E-state index contributed by atoms with van der Waals surface area (Å²) in [5, 5.41) is 8.85. The number of methoxy groups -OCH3 is 1. The molecule has 0 saturated carbocycles. The number of anilines is 1. The predicted molar refractivity (Wildman–Crippen MR) is 108 cm³/mol. The van der Waals surface area contributed by atoms with Crippen LogP contribution in [0, 0.1) is 6.92 Å². The minimum atomic E-state index is 0.0695. The molecule has 2 aromatic heterocycles. The van der Waals surface area contributed by atoms with Crippen LogP contribution >= 0.6 is 0 Å². The van der Waals surface area contributed by atoms with Crippen LogP contribution in [0.1, 0.15) is 28.7 Å². The number of amides is 1. The Hall–Kier alpha value is -3.09. The maximum Gasteiger partial charge on any atom is 0.254 e. The largest absolute Gasteiger partial charge is 0.497 e. The third-order valence-electron chi connectivity index (χ3n) is 5.36. The van der Waals surface area contributed by atoms with Crippen LogP contribution in [-0.2, 0) is 6.42 Å². The van der Waals surface area contributed by atoms with Gasteiger partial charge in [-0.15, -0.1) is 10.2 Å². The van der Waals surface area contributed by atoms with Crippen LogP contribution in [-0.4, -0.2) is 58.7 Å². The van der Waals surface area contributed by atoms with E-state index in [1.165, 1.54) is 0 Å². The monoisotopic (exact) mass is 379 g/mol. The van der Waals surface area contributed by atoms with Crippen molar-refractivity contribution in [1.82, 2.24) is 19.5 Å². The van der Waals surface area contributed by atoms with Gasteiger partial charge < -0.3 is 18.9 Å². The van der Waals surface area contributed by atoms with Crippen LogP contribution < -0.4 is 9.64 Å². The van der Waals surface area contributed by atoms with E-state index in [1.54, 1.807) is 7.11 Å². The summed E-state index contributed by atoms with van der Waals surface area (Å²) in [6.45, 7) is 6.82. The standard InChI is InChI=1S/C21H25N5O2/c1-4-19-22-23-20(18-6-5-9-26(18)19)24-10-12-25(13-11-24)21(27)17-8-7-16(28-3)14-15(17)2/h5-9,14H,4,10-13H2,1-3H3. The average Bonchev–Trinajstić information content (AvgIpc) is 3.22. The highest BCUT2D eigenvalue weighted by atomic mass is 16.5. The second-order valence-electron chi connectivity index (χ2n) is 7.02. The molecule has 1 aliphatic rings. The van der Waals surface area contributed by atoms with Gasteiger partial charge in [0.2, 0.25) is 0 Å². The smallest absolute Gasteiger partial charge is 0.254 e. The summed E-state index contributed by atoms with van der Waals surface area (Å²) in [4.78, 5) is 17.1. The molecule has 3 aromatic rings. The molecule has 0 unspecified atom stereocenters. The summed E-state index contributed by atoms with van der Waals surface area (Å²) < 4.78 is 7.33. The first-order valence-electron chi connectivity index (χ1n) is 9.64. The molecule has 1 amide bonds. The van der Waals surface area contributed by atoms with Crippen LogP contribution in [0.25, 0.3) is 5.52 Å². The maximum atomic E-state index is 13.0. The second kappa shape index (κ2) is 7.50. The van der Waals surface area contributed by atoms with E-state index in [1.807, 2.05) is 42.3 Å². The summed E-state index contributed by atoms with van der Waals surface area (Å²) >= 11 is 0. The molecule has 0 spiro atoms. The quantitative estimate of drug-likeness (QED) is 0.697. The van der Waals surface area contributed by atoms with Crippen LogP contribution in [0.2, 0.25) is 0 Å². The molecule has 146 valence electrons. The highest BCUT2D eigenvalue weighted by Crippen LogP contribution is 2.23. The molecule has 7 nitrogen and oxygen atoms in total. The highest BCUT2D eigenvalue weighted by Gasteiger charge is 2.25. The zero-order chi connectivity index (χ0) is 19.7. The second-order valence-corrected chi connectivity index (χ2v) is 7.02. The van der Waals surface area contributed by atoms with Crippen molar-refractivity contribution in [3.8, 4) is 5.75 Å². The fourth-order valence-corrected chi connectivity index (χ4v) is 3.75. The van der Waals surface area contributed by atoms with Crippen molar-refractivity contribution >= 4 is 17.2 Å². The molecule has 1 fully saturated rings. The lowest BCUT2D eigenvalue weighted by Crippen LogP contribution is -2.49. The lowest BCUT2D eigenvalue weighted by Gasteiger charge is -2.35. The number of aryl methyl sites for hydroxylation is 2. The molecule has 1 aliphatic heterocycles. The summed E-state index contributed by atoms with van der Waals surface area (Å²) in [7, 11) is 1.63. The van der Waals surface area contributed by atoms with Gasteiger partial charge in [-0.05, 0) is 42.8 Å². The molecule has 4 rings (SSSR count). The Morgan fingerprint density at radius 1 is 1.14 bits per heavy atom. The zero-order valence-electron chi connectivity index (χ0n) is 16.6. The Labute approximate surface area is 164 Å². The van der Waals surface area contributed by atoms with Crippen molar-refractivity contribution in [2.45, 2.75) is 20.3 Å². The normalized spacial score (nSPS) is 14.5. The zero-order valence-corrected chi connectivity index (χ0v) is 16.6. The summed E-state index contributed by atoms with van der Waals surface area (Å²) in [6, 6.07) is 9.68. The SMILES string of the molecule is CCc1nnc(N2CCN(C(=O)c3ccc(OC)cc3C)CC2)c2cccn12. The molecule has 28 heavy (non-hydrogen) atoms. The number of hydrogen-bond donors (Lipinski definition) is 0. The molecule has 0 bridgehead atoms. The number of fused-ring (bicyclic) bond motifs is 1. The average molecular weight is 379 g/mol. The third-order valence-corrected chi connectivity index (χ3v) is 5.36. The van der Waals surface area contributed by atoms with E-state index in [0.29, 0.717) is 13.1 Å². The van der Waals surface area contributed by atoms with Gasteiger partial charge in [-0.2, -0.15) is 0 Å². The van der Waals surface area contributed by atoms with E-state index in [-0.39, 0.29) is 5.91 Å². The molecule has 0 N–H and O–H groups in total. The number of ether oxygens (including phenoxy) is 1. The van der Waals surface area contributed by atoms with Gasteiger partial charge >= 0.3 is 0 Å². The molecule has 3 heterocycles. The number of piperazine rings is 1. The number of hydrogen-bond acceptors (Lipinski definition) is 5. The van der Waals surface area contributed by atoms with Gasteiger partial charge in [-0.3, -0.25) is 4.79 Å². The lowest BCUT2D eigenvalue weighted by atomic mass is 10.1. The van der Waals surface area contributed by atoms with E-state index < -0.39 is 0 Å². The van der Waals surface area contributed by atoms with Crippen molar-refractivity contribution < 1.29 is 9.53 Å². The van der Waals surface area contributed by atoms with E-state index in [0.717, 1.165) is 53.5 Å². The maximum absolute atomic E-state index is 13.0. The number of aromatic nitrogens is 3. The molecule has 0 aliphatic carbocycles. The lowest BCUT2D eigenvalue weighted by molar-refractivity contribution is 0.0746. The fourth-order valence-electron chi connectivity index (χ4n) is 3.75. The van der Waals surface area contributed by atoms with Crippen molar-refractivity contribution in [2.75, 3.05) is 38.2 Å². The Morgan fingerprint density at radius 2 is 1.93 bits per heavy atom. The number of nitrogens with zero attached hydrogens (tertiary/aromatic N) is 5.